The Morgan fingerprint density at radius 1 is 1.24 bits per heavy atom. The Bertz CT molecular complexity index is 442. The van der Waals surface area contributed by atoms with Crippen LogP contribution < -0.4 is 16.0 Å². The van der Waals surface area contributed by atoms with Crippen LogP contribution in [0, 0.1) is 11.8 Å². The van der Waals surface area contributed by atoms with E-state index >= 15 is 0 Å². The Morgan fingerprint density at radius 2 is 1.76 bits per heavy atom. The Hall–Kier alpha value is -1.23. The Balaban J connectivity index is 2.88. The van der Waals surface area contributed by atoms with Crippen molar-refractivity contribution in [2.75, 3.05) is 30.8 Å². The molecule has 0 saturated carbocycles. The molecule has 5 heteroatoms. The van der Waals surface area contributed by atoms with Crippen LogP contribution in [0.1, 0.15) is 50.2 Å². The van der Waals surface area contributed by atoms with Gasteiger partial charge in [0.2, 0.25) is 0 Å². The van der Waals surface area contributed by atoms with Crippen LogP contribution in [0.2, 0.25) is 0 Å². The average Bonchev–Trinajstić information content (AvgIpc) is 2.79. The molecule has 1 heterocycles. The standard InChI is InChI=1S/C16H29N3OS/c1-11(2)6-8-19(9-7-12(3)4)14-10-13(17)15(21-14)16(20)18-5/h10-12H,6-9,17H2,1-5H3,(H,18,20). The van der Waals surface area contributed by atoms with Crippen LogP contribution in [-0.4, -0.2) is 26.0 Å². The number of carbonyl (C=O) groups excluding carboxylic acids is 1. The van der Waals surface area contributed by atoms with Crippen molar-refractivity contribution in [3.8, 4) is 0 Å². The molecule has 1 aromatic heterocycles. The number of rotatable bonds is 8. The first-order valence-corrected chi connectivity index (χ1v) is 8.53. The summed E-state index contributed by atoms with van der Waals surface area (Å²) in [5.74, 6) is 1.24. The summed E-state index contributed by atoms with van der Waals surface area (Å²) < 4.78 is 0. The maximum atomic E-state index is 11.8. The molecule has 3 N–H and O–H groups in total. The Morgan fingerprint density at radius 3 is 2.19 bits per heavy atom. The fraction of sp³-hybridized carbons (Fsp3) is 0.688. The summed E-state index contributed by atoms with van der Waals surface area (Å²) in [4.78, 5) is 14.8. The van der Waals surface area contributed by atoms with Gasteiger partial charge in [-0.25, -0.2) is 0 Å². The van der Waals surface area contributed by atoms with Gasteiger partial charge in [0.1, 0.15) is 4.88 Å². The molecule has 1 amide bonds. The Labute approximate surface area is 132 Å². The lowest BCUT2D eigenvalue weighted by molar-refractivity contribution is 0.0968. The molecule has 1 rings (SSSR count). The van der Waals surface area contributed by atoms with Gasteiger partial charge in [0, 0.05) is 20.1 Å². The monoisotopic (exact) mass is 311 g/mol. The van der Waals surface area contributed by atoms with Crippen molar-refractivity contribution < 1.29 is 4.79 Å². The zero-order valence-electron chi connectivity index (χ0n) is 13.9. The number of nitrogen functional groups attached to an aromatic ring is 1. The summed E-state index contributed by atoms with van der Waals surface area (Å²) >= 11 is 1.49. The molecule has 0 aliphatic heterocycles. The highest BCUT2D eigenvalue weighted by Crippen LogP contribution is 2.33. The van der Waals surface area contributed by atoms with Gasteiger partial charge in [0.25, 0.3) is 5.91 Å². The van der Waals surface area contributed by atoms with Gasteiger partial charge in [-0.15, -0.1) is 11.3 Å². The van der Waals surface area contributed by atoms with Gasteiger partial charge in [-0.3, -0.25) is 4.79 Å². The number of anilines is 2. The first-order valence-electron chi connectivity index (χ1n) is 7.71. The lowest BCUT2D eigenvalue weighted by atomic mass is 10.1. The molecule has 0 spiro atoms. The van der Waals surface area contributed by atoms with Gasteiger partial charge >= 0.3 is 0 Å². The molecule has 4 nitrogen and oxygen atoms in total. The number of nitrogens with one attached hydrogen (secondary N) is 1. The van der Waals surface area contributed by atoms with Crippen LogP contribution in [0.5, 0.6) is 0 Å². The molecule has 0 radical (unpaired) electrons. The highest BCUT2D eigenvalue weighted by molar-refractivity contribution is 7.18. The lowest BCUT2D eigenvalue weighted by Crippen LogP contribution is -2.26. The van der Waals surface area contributed by atoms with E-state index in [1.54, 1.807) is 7.05 Å². The molecular formula is C16H29N3OS. The molecule has 0 atom stereocenters. The maximum Gasteiger partial charge on any atom is 0.263 e. The van der Waals surface area contributed by atoms with Crippen molar-refractivity contribution >= 4 is 27.9 Å². The van der Waals surface area contributed by atoms with Crippen LogP contribution in [-0.2, 0) is 0 Å². The van der Waals surface area contributed by atoms with Crippen LogP contribution >= 0.6 is 11.3 Å². The minimum absolute atomic E-state index is 0.101. The van der Waals surface area contributed by atoms with Crippen molar-refractivity contribution in [1.82, 2.24) is 5.32 Å². The van der Waals surface area contributed by atoms with E-state index in [9.17, 15) is 4.79 Å². The summed E-state index contributed by atoms with van der Waals surface area (Å²) in [5, 5.41) is 3.75. The summed E-state index contributed by atoms with van der Waals surface area (Å²) in [6.45, 7) is 11.0. The van der Waals surface area contributed by atoms with Gasteiger partial charge in [0.15, 0.2) is 0 Å². The number of carbonyl (C=O) groups is 1. The van der Waals surface area contributed by atoms with E-state index in [4.69, 9.17) is 5.73 Å². The molecule has 0 saturated heterocycles. The van der Waals surface area contributed by atoms with Crippen molar-refractivity contribution in [2.45, 2.75) is 40.5 Å². The molecule has 0 fully saturated rings. The van der Waals surface area contributed by atoms with Crippen LogP contribution in [0.3, 0.4) is 0 Å². The topological polar surface area (TPSA) is 58.4 Å². The molecular weight excluding hydrogens is 282 g/mol. The third kappa shape index (κ3) is 5.58. The van der Waals surface area contributed by atoms with Crippen molar-refractivity contribution in [3.63, 3.8) is 0 Å². The van der Waals surface area contributed by atoms with E-state index in [1.807, 2.05) is 6.07 Å². The fourth-order valence-electron chi connectivity index (χ4n) is 2.00. The fourth-order valence-corrected chi connectivity index (χ4v) is 3.08. The molecule has 1 aromatic rings. The predicted molar refractivity (Wildman–Crippen MR) is 93.2 cm³/mol. The molecule has 0 aromatic carbocycles. The highest BCUT2D eigenvalue weighted by Gasteiger charge is 2.17. The Kier molecular flexibility index (Phi) is 7.02. The lowest BCUT2D eigenvalue weighted by Gasteiger charge is -2.24. The van der Waals surface area contributed by atoms with Gasteiger partial charge in [-0.2, -0.15) is 0 Å². The maximum absolute atomic E-state index is 11.8. The zero-order valence-corrected chi connectivity index (χ0v) is 14.7. The van der Waals surface area contributed by atoms with Gasteiger partial charge in [0.05, 0.1) is 10.7 Å². The number of amides is 1. The van der Waals surface area contributed by atoms with Crippen LogP contribution in [0.4, 0.5) is 10.7 Å². The average molecular weight is 311 g/mol. The van der Waals surface area contributed by atoms with Crippen molar-refractivity contribution in [3.05, 3.63) is 10.9 Å². The second-order valence-corrected chi connectivity index (χ2v) is 7.33. The number of hydrogen-bond acceptors (Lipinski definition) is 4. The molecule has 0 aliphatic carbocycles. The quantitative estimate of drug-likeness (QED) is 0.771. The molecule has 0 unspecified atom stereocenters. The van der Waals surface area contributed by atoms with E-state index in [-0.39, 0.29) is 5.91 Å². The summed E-state index contributed by atoms with van der Waals surface area (Å²) in [6.07, 6.45) is 2.29. The third-order valence-electron chi connectivity index (χ3n) is 3.45. The summed E-state index contributed by atoms with van der Waals surface area (Å²) in [5.41, 5.74) is 6.57. The SMILES string of the molecule is CNC(=O)c1sc(N(CCC(C)C)CCC(C)C)cc1N. The minimum Gasteiger partial charge on any atom is -0.397 e. The van der Waals surface area contributed by atoms with Gasteiger partial charge in [-0.1, -0.05) is 27.7 Å². The predicted octanol–water partition coefficient (Wildman–Crippen LogP) is 3.59. The highest BCUT2D eigenvalue weighted by atomic mass is 32.1. The second-order valence-electron chi connectivity index (χ2n) is 6.30. The summed E-state index contributed by atoms with van der Waals surface area (Å²) in [6, 6.07) is 1.94. The van der Waals surface area contributed by atoms with E-state index < -0.39 is 0 Å². The number of thiophene rings is 1. The normalized spacial score (nSPS) is 11.2. The second kappa shape index (κ2) is 8.27. The van der Waals surface area contributed by atoms with E-state index in [1.165, 1.54) is 11.3 Å². The first kappa shape index (κ1) is 17.8. The molecule has 0 aliphatic rings. The smallest absolute Gasteiger partial charge is 0.263 e. The van der Waals surface area contributed by atoms with Gasteiger partial charge < -0.3 is 16.0 Å². The van der Waals surface area contributed by atoms with E-state index in [0.717, 1.165) is 30.9 Å². The number of nitrogens with two attached hydrogens (primary N) is 1. The molecule has 21 heavy (non-hydrogen) atoms. The van der Waals surface area contributed by atoms with E-state index in [2.05, 4.69) is 37.9 Å². The zero-order chi connectivity index (χ0) is 16.0. The minimum atomic E-state index is -0.101. The van der Waals surface area contributed by atoms with E-state index in [0.29, 0.717) is 22.4 Å². The largest absolute Gasteiger partial charge is 0.397 e. The number of hydrogen-bond donors (Lipinski definition) is 2. The third-order valence-corrected chi connectivity index (χ3v) is 4.66. The van der Waals surface area contributed by atoms with Crippen LogP contribution in [0.15, 0.2) is 6.07 Å². The summed E-state index contributed by atoms with van der Waals surface area (Å²) in [7, 11) is 1.64. The molecule has 120 valence electrons. The van der Waals surface area contributed by atoms with Crippen LogP contribution in [0.25, 0.3) is 0 Å². The number of nitrogens with zero attached hydrogens (tertiary/aromatic N) is 1. The van der Waals surface area contributed by atoms with Gasteiger partial charge in [-0.05, 0) is 30.7 Å². The molecule has 0 bridgehead atoms. The first-order chi connectivity index (χ1) is 9.85. The van der Waals surface area contributed by atoms with Crippen molar-refractivity contribution in [2.24, 2.45) is 11.8 Å². The van der Waals surface area contributed by atoms with Crippen molar-refractivity contribution in [1.29, 1.82) is 0 Å².